The quantitative estimate of drug-likeness (QED) is 0.494. The predicted octanol–water partition coefficient (Wildman–Crippen LogP) is 3.13. The number of methoxy groups -OCH3 is 2. The van der Waals surface area contributed by atoms with Crippen molar-refractivity contribution in [3.05, 3.63) is 33.9 Å². The topological polar surface area (TPSA) is 161 Å². The number of fused-ring (bicyclic) bond motifs is 1. The first-order valence-electron chi connectivity index (χ1n) is 12.9. The number of carbonyl (C=O) groups is 2. The van der Waals surface area contributed by atoms with E-state index in [0.29, 0.717) is 40.4 Å². The molecule has 1 aromatic rings. The van der Waals surface area contributed by atoms with Gasteiger partial charge in [-0.2, -0.15) is 5.26 Å². The van der Waals surface area contributed by atoms with E-state index in [4.69, 9.17) is 39.0 Å². The van der Waals surface area contributed by atoms with E-state index in [-0.39, 0.29) is 72.5 Å². The zero-order chi connectivity index (χ0) is 28.8. The van der Waals surface area contributed by atoms with Gasteiger partial charge in [-0.3, -0.25) is 4.79 Å². The Morgan fingerprint density at radius 3 is 2.52 bits per heavy atom. The van der Waals surface area contributed by atoms with E-state index in [9.17, 15) is 14.9 Å². The van der Waals surface area contributed by atoms with E-state index < -0.39 is 18.0 Å². The molecule has 0 unspecified atom stereocenters. The molecular formula is C28H31N3O9. The lowest BCUT2D eigenvalue weighted by molar-refractivity contribution is -0.135. The van der Waals surface area contributed by atoms with Gasteiger partial charge in [-0.1, -0.05) is 19.0 Å². The van der Waals surface area contributed by atoms with Crippen LogP contribution in [0, 0.1) is 16.7 Å². The van der Waals surface area contributed by atoms with Gasteiger partial charge in [-0.15, -0.1) is 0 Å². The van der Waals surface area contributed by atoms with Crippen molar-refractivity contribution in [2.45, 2.75) is 58.5 Å². The molecule has 0 saturated carbocycles. The average molecular weight is 554 g/mol. The molecule has 2 atom stereocenters. The molecule has 1 aromatic carbocycles. The lowest BCUT2D eigenvalue weighted by Gasteiger charge is -2.38. The highest BCUT2D eigenvalue weighted by molar-refractivity contribution is 6.36. The highest BCUT2D eigenvalue weighted by Crippen LogP contribution is 2.58. The Balaban J connectivity index is 1.71. The van der Waals surface area contributed by atoms with Crippen molar-refractivity contribution >= 4 is 17.5 Å². The number of Topliss-reactive ketones (excluding diaryl/α,β-unsaturated/α-hetero) is 1. The van der Waals surface area contributed by atoms with Gasteiger partial charge in [-0.05, 0) is 12.3 Å². The smallest absolute Gasteiger partial charge is 0.356 e. The first-order valence-corrected chi connectivity index (χ1v) is 12.9. The normalized spacial score (nSPS) is 22.6. The largest absolute Gasteiger partial charge is 0.492 e. The van der Waals surface area contributed by atoms with Gasteiger partial charge in [0.05, 0.1) is 26.7 Å². The van der Waals surface area contributed by atoms with E-state index in [2.05, 4.69) is 11.2 Å². The monoisotopic (exact) mass is 553 g/mol. The molecule has 3 heterocycles. The summed E-state index contributed by atoms with van der Waals surface area (Å²) in [5.74, 6) is -0.142. The molecule has 1 aliphatic carbocycles. The van der Waals surface area contributed by atoms with E-state index in [0.717, 1.165) is 0 Å². The van der Waals surface area contributed by atoms with Crippen molar-refractivity contribution in [3.8, 4) is 29.1 Å². The number of oxime groups is 1. The number of rotatable bonds is 7. The van der Waals surface area contributed by atoms with Crippen molar-refractivity contribution in [2.75, 3.05) is 27.6 Å². The maximum absolute atomic E-state index is 13.7. The number of hydrogen-bond acceptors (Lipinski definition) is 12. The standard InChI is InChI=1S/C28H31N3O9/c1-6-36-27(33)16-8-13(40-31-16)7-14-20(23(35-5)25-24(22(14)34-4)37-12-38-25)19-15(11-29)26(30)39-18-10-28(2,3)9-17(32)21(18)19/h13,19H,6-10,12,30H2,1-5H3/t13-,19-/m1/s1. The van der Waals surface area contributed by atoms with Crippen LogP contribution in [0.5, 0.6) is 23.0 Å². The SMILES string of the molecule is CCOC(=O)C1=NO[C@H](Cc2c(OC)c3c(c(OC)c2[C@H]2C(C#N)=C(N)OC4=C2C(=O)CC(C)(C)C4)OCO3)C1. The molecule has 0 bridgehead atoms. The molecule has 40 heavy (non-hydrogen) atoms. The van der Waals surface area contributed by atoms with Gasteiger partial charge in [0.1, 0.15) is 23.5 Å². The van der Waals surface area contributed by atoms with Crippen LogP contribution in [0.25, 0.3) is 0 Å². The second-order valence-electron chi connectivity index (χ2n) is 10.6. The second kappa shape index (κ2) is 10.3. The minimum Gasteiger partial charge on any atom is -0.492 e. The summed E-state index contributed by atoms with van der Waals surface area (Å²) in [6.45, 7) is 5.77. The molecule has 12 heteroatoms. The number of carbonyl (C=O) groups excluding carboxylic acids is 2. The molecule has 0 radical (unpaired) electrons. The van der Waals surface area contributed by atoms with Crippen LogP contribution < -0.4 is 24.7 Å². The maximum Gasteiger partial charge on any atom is 0.356 e. The van der Waals surface area contributed by atoms with Gasteiger partial charge in [0.25, 0.3) is 0 Å². The molecule has 2 N–H and O–H groups in total. The van der Waals surface area contributed by atoms with Gasteiger partial charge < -0.3 is 39.0 Å². The molecule has 212 valence electrons. The predicted molar refractivity (Wildman–Crippen MR) is 139 cm³/mol. The van der Waals surface area contributed by atoms with Crippen LogP contribution in [0.15, 0.2) is 27.9 Å². The Morgan fingerprint density at radius 2 is 1.88 bits per heavy atom. The minimum atomic E-state index is -0.933. The fourth-order valence-corrected chi connectivity index (χ4v) is 5.73. The lowest BCUT2D eigenvalue weighted by Crippen LogP contribution is -2.34. The van der Waals surface area contributed by atoms with E-state index in [1.165, 1.54) is 14.2 Å². The first-order chi connectivity index (χ1) is 19.1. The molecule has 5 rings (SSSR count). The summed E-state index contributed by atoms with van der Waals surface area (Å²) < 4.78 is 34.2. The molecule has 0 spiro atoms. The molecule has 0 aromatic heterocycles. The summed E-state index contributed by atoms with van der Waals surface area (Å²) in [4.78, 5) is 31.6. The number of nitriles is 1. The fraction of sp³-hybridized carbons (Fsp3) is 0.500. The lowest BCUT2D eigenvalue weighted by atomic mass is 9.69. The molecule has 12 nitrogen and oxygen atoms in total. The molecule has 0 fully saturated rings. The fourth-order valence-electron chi connectivity index (χ4n) is 5.73. The molecule has 0 amide bonds. The molecule has 4 aliphatic rings. The van der Waals surface area contributed by atoms with Crippen LogP contribution in [0.3, 0.4) is 0 Å². The number of nitrogens with two attached hydrogens (primary N) is 1. The summed E-state index contributed by atoms with van der Waals surface area (Å²) in [7, 11) is 2.94. The van der Waals surface area contributed by atoms with Crippen LogP contribution in [0.2, 0.25) is 0 Å². The van der Waals surface area contributed by atoms with Crippen molar-refractivity contribution in [1.29, 1.82) is 5.26 Å². The third-order valence-electron chi connectivity index (χ3n) is 7.32. The number of ether oxygens (including phenoxy) is 6. The Bertz CT molecular complexity index is 1420. The molecule has 3 aliphatic heterocycles. The third-order valence-corrected chi connectivity index (χ3v) is 7.32. The number of allylic oxidation sites excluding steroid dienone is 3. The van der Waals surface area contributed by atoms with Crippen LogP contribution in [0.1, 0.15) is 57.1 Å². The Labute approximate surface area is 231 Å². The van der Waals surface area contributed by atoms with E-state index in [1.807, 2.05) is 13.8 Å². The zero-order valence-corrected chi connectivity index (χ0v) is 23.0. The van der Waals surface area contributed by atoms with Crippen LogP contribution in [-0.2, 0) is 30.3 Å². The van der Waals surface area contributed by atoms with Crippen molar-refractivity contribution in [3.63, 3.8) is 0 Å². The van der Waals surface area contributed by atoms with E-state index >= 15 is 0 Å². The summed E-state index contributed by atoms with van der Waals surface area (Å²) in [5.41, 5.74) is 7.46. The Kier molecular flexibility index (Phi) is 6.99. The van der Waals surface area contributed by atoms with Crippen LogP contribution in [-0.4, -0.2) is 51.2 Å². The van der Waals surface area contributed by atoms with Gasteiger partial charge in [0.2, 0.25) is 24.2 Å². The Morgan fingerprint density at radius 1 is 1.18 bits per heavy atom. The van der Waals surface area contributed by atoms with Gasteiger partial charge in [-0.25, -0.2) is 4.79 Å². The van der Waals surface area contributed by atoms with Crippen molar-refractivity contribution in [2.24, 2.45) is 16.3 Å². The number of ketones is 1. The number of benzene rings is 1. The zero-order valence-electron chi connectivity index (χ0n) is 23.0. The maximum atomic E-state index is 13.7. The van der Waals surface area contributed by atoms with Crippen LogP contribution in [0.4, 0.5) is 0 Å². The number of esters is 1. The highest BCUT2D eigenvalue weighted by atomic mass is 16.7. The first kappa shape index (κ1) is 27.2. The van der Waals surface area contributed by atoms with Gasteiger partial charge >= 0.3 is 5.97 Å². The molecule has 0 saturated heterocycles. The van der Waals surface area contributed by atoms with Gasteiger partial charge in [0, 0.05) is 42.4 Å². The number of nitrogens with zero attached hydrogens (tertiary/aromatic N) is 2. The average Bonchev–Trinajstić information content (AvgIpc) is 3.57. The highest BCUT2D eigenvalue weighted by Gasteiger charge is 2.47. The Hall–Kier alpha value is -4.40. The minimum absolute atomic E-state index is 0.0584. The van der Waals surface area contributed by atoms with E-state index in [1.54, 1.807) is 6.92 Å². The third kappa shape index (κ3) is 4.45. The van der Waals surface area contributed by atoms with Crippen molar-refractivity contribution < 1.29 is 42.8 Å². The molecular weight excluding hydrogens is 522 g/mol. The van der Waals surface area contributed by atoms with Crippen LogP contribution >= 0.6 is 0 Å². The van der Waals surface area contributed by atoms with Gasteiger partial charge in [0.15, 0.2) is 23.0 Å². The van der Waals surface area contributed by atoms with Crippen molar-refractivity contribution in [1.82, 2.24) is 0 Å². The summed E-state index contributed by atoms with van der Waals surface area (Å²) in [6.07, 6.45) is 0.461. The second-order valence-corrected chi connectivity index (χ2v) is 10.6. The summed E-state index contributed by atoms with van der Waals surface area (Å²) in [6, 6.07) is 2.15. The number of hydrogen-bond donors (Lipinski definition) is 1. The summed E-state index contributed by atoms with van der Waals surface area (Å²) in [5, 5.41) is 14.2. The summed E-state index contributed by atoms with van der Waals surface area (Å²) >= 11 is 0.